The third kappa shape index (κ3) is 4.07. The van der Waals surface area contributed by atoms with Gasteiger partial charge >= 0.3 is 0 Å². The monoisotopic (exact) mass is 302 g/mol. The van der Waals surface area contributed by atoms with Gasteiger partial charge in [0, 0.05) is 32.7 Å². The van der Waals surface area contributed by atoms with Crippen LogP contribution in [0.5, 0.6) is 0 Å². The zero-order valence-corrected chi connectivity index (χ0v) is 12.7. The molecular formula is C14H20Cl2N2O. The molecule has 1 aliphatic heterocycles. The third-order valence-electron chi connectivity index (χ3n) is 3.67. The minimum Gasteiger partial charge on any atom is -0.387 e. The average molecular weight is 303 g/mol. The molecule has 3 nitrogen and oxygen atoms in total. The molecule has 1 aromatic carbocycles. The number of hydrogen-bond donors (Lipinski definition) is 1. The Morgan fingerprint density at radius 2 is 1.74 bits per heavy atom. The van der Waals surface area contributed by atoms with E-state index < -0.39 is 6.10 Å². The van der Waals surface area contributed by atoms with Crippen LogP contribution in [0.3, 0.4) is 0 Å². The molecule has 1 atom stereocenters. The van der Waals surface area contributed by atoms with E-state index in [0.29, 0.717) is 16.6 Å². The van der Waals surface area contributed by atoms with Gasteiger partial charge in [-0.25, -0.2) is 0 Å². The second-order valence-corrected chi connectivity index (χ2v) is 5.74. The van der Waals surface area contributed by atoms with Gasteiger partial charge in [-0.05, 0) is 24.2 Å². The highest BCUT2D eigenvalue weighted by Crippen LogP contribution is 2.26. The van der Waals surface area contributed by atoms with Crippen LogP contribution < -0.4 is 0 Å². The van der Waals surface area contributed by atoms with E-state index in [1.807, 2.05) is 6.07 Å². The Bertz CT molecular complexity index is 420. The van der Waals surface area contributed by atoms with E-state index in [1.165, 1.54) is 0 Å². The van der Waals surface area contributed by atoms with Crippen molar-refractivity contribution in [1.29, 1.82) is 0 Å². The Kier molecular flexibility index (Phi) is 5.48. The standard InChI is InChI=1S/C14H20Cl2N2O/c1-2-17-5-7-18(8-6-17)10-14(19)11-3-4-12(15)13(16)9-11/h3-4,9,14,19H,2,5-8,10H2,1H3. The first-order chi connectivity index (χ1) is 9.10. The number of likely N-dealkylation sites (N-methyl/N-ethyl adjacent to an activating group) is 1. The Morgan fingerprint density at radius 3 is 2.32 bits per heavy atom. The lowest BCUT2D eigenvalue weighted by Crippen LogP contribution is -2.47. The highest BCUT2D eigenvalue weighted by molar-refractivity contribution is 6.42. The molecule has 1 unspecified atom stereocenters. The van der Waals surface area contributed by atoms with Crippen LogP contribution in [-0.2, 0) is 0 Å². The van der Waals surface area contributed by atoms with E-state index in [0.717, 1.165) is 38.3 Å². The fourth-order valence-corrected chi connectivity index (χ4v) is 2.66. The normalized spacial score (nSPS) is 19.6. The first-order valence-corrected chi connectivity index (χ1v) is 7.43. The number of aliphatic hydroxyl groups is 1. The van der Waals surface area contributed by atoms with E-state index in [4.69, 9.17) is 23.2 Å². The predicted molar refractivity (Wildman–Crippen MR) is 80.0 cm³/mol. The molecule has 1 saturated heterocycles. The number of β-amino-alcohol motifs (C(OH)–C–C–N with tert-alkyl or cyclic N) is 1. The van der Waals surface area contributed by atoms with Gasteiger partial charge in [0.1, 0.15) is 0 Å². The van der Waals surface area contributed by atoms with Crippen LogP contribution in [0, 0.1) is 0 Å². The van der Waals surface area contributed by atoms with Crippen molar-refractivity contribution in [3.8, 4) is 0 Å². The van der Waals surface area contributed by atoms with Gasteiger partial charge in [-0.15, -0.1) is 0 Å². The molecule has 1 heterocycles. The average Bonchev–Trinajstić information content (AvgIpc) is 2.42. The summed E-state index contributed by atoms with van der Waals surface area (Å²) in [6.45, 7) is 8.09. The number of halogens is 2. The Balaban J connectivity index is 1.90. The van der Waals surface area contributed by atoms with Gasteiger partial charge in [-0.3, -0.25) is 4.90 Å². The summed E-state index contributed by atoms with van der Waals surface area (Å²) in [5.41, 5.74) is 0.826. The lowest BCUT2D eigenvalue weighted by molar-refractivity contribution is 0.0744. The lowest BCUT2D eigenvalue weighted by Gasteiger charge is -2.35. The predicted octanol–water partition coefficient (Wildman–Crippen LogP) is 2.66. The van der Waals surface area contributed by atoms with Crippen LogP contribution in [0.15, 0.2) is 18.2 Å². The minimum absolute atomic E-state index is 0.494. The van der Waals surface area contributed by atoms with Crippen molar-refractivity contribution >= 4 is 23.2 Å². The van der Waals surface area contributed by atoms with E-state index in [-0.39, 0.29) is 0 Å². The highest BCUT2D eigenvalue weighted by atomic mass is 35.5. The Hall–Kier alpha value is -0.320. The molecule has 106 valence electrons. The van der Waals surface area contributed by atoms with E-state index in [2.05, 4.69) is 16.7 Å². The smallest absolute Gasteiger partial charge is 0.0917 e. The Labute approximate surface area is 124 Å². The Morgan fingerprint density at radius 1 is 1.11 bits per heavy atom. The molecule has 0 aromatic heterocycles. The molecule has 5 heteroatoms. The molecular weight excluding hydrogens is 283 g/mol. The van der Waals surface area contributed by atoms with Crippen molar-refractivity contribution in [2.75, 3.05) is 39.3 Å². The van der Waals surface area contributed by atoms with Gasteiger partial charge in [0.05, 0.1) is 16.1 Å². The summed E-state index contributed by atoms with van der Waals surface area (Å²) in [7, 11) is 0. The summed E-state index contributed by atoms with van der Waals surface area (Å²) in [5.74, 6) is 0. The molecule has 1 aromatic rings. The molecule has 0 saturated carbocycles. The van der Waals surface area contributed by atoms with Crippen LogP contribution in [0.4, 0.5) is 0 Å². The first kappa shape index (κ1) is 15.1. The van der Waals surface area contributed by atoms with E-state index >= 15 is 0 Å². The number of hydrogen-bond acceptors (Lipinski definition) is 3. The van der Waals surface area contributed by atoms with E-state index in [1.54, 1.807) is 12.1 Å². The number of benzene rings is 1. The zero-order valence-electron chi connectivity index (χ0n) is 11.1. The molecule has 0 spiro atoms. The molecule has 0 bridgehead atoms. The van der Waals surface area contributed by atoms with Crippen molar-refractivity contribution in [3.63, 3.8) is 0 Å². The molecule has 0 radical (unpaired) electrons. The zero-order chi connectivity index (χ0) is 13.8. The first-order valence-electron chi connectivity index (χ1n) is 6.68. The number of rotatable bonds is 4. The topological polar surface area (TPSA) is 26.7 Å². The largest absolute Gasteiger partial charge is 0.387 e. The molecule has 1 fully saturated rings. The second kappa shape index (κ2) is 6.91. The van der Waals surface area contributed by atoms with Crippen molar-refractivity contribution in [1.82, 2.24) is 9.80 Å². The van der Waals surface area contributed by atoms with Crippen LogP contribution in [0.1, 0.15) is 18.6 Å². The van der Waals surface area contributed by atoms with Crippen molar-refractivity contribution in [2.45, 2.75) is 13.0 Å². The molecule has 2 rings (SSSR count). The van der Waals surface area contributed by atoms with Gasteiger partial charge in [0.2, 0.25) is 0 Å². The van der Waals surface area contributed by atoms with Crippen LogP contribution in [-0.4, -0.2) is 54.2 Å². The molecule has 0 amide bonds. The lowest BCUT2D eigenvalue weighted by atomic mass is 10.1. The van der Waals surface area contributed by atoms with Crippen LogP contribution in [0.25, 0.3) is 0 Å². The summed E-state index contributed by atoms with van der Waals surface area (Å²) >= 11 is 11.9. The maximum absolute atomic E-state index is 10.3. The van der Waals surface area contributed by atoms with Crippen LogP contribution in [0.2, 0.25) is 10.0 Å². The number of nitrogens with zero attached hydrogens (tertiary/aromatic N) is 2. The fraction of sp³-hybridized carbons (Fsp3) is 0.571. The molecule has 0 aliphatic carbocycles. The maximum atomic E-state index is 10.3. The third-order valence-corrected chi connectivity index (χ3v) is 4.41. The summed E-state index contributed by atoms with van der Waals surface area (Å²) in [5, 5.41) is 11.3. The number of piperazine rings is 1. The fourth-order valence-electron chi connectivity index (χ4n) is 2.36. The quantitative estimate of drug-likeness (QED) is 0.926. The summed E-state index contributed by atoms with van der Waals surface area (Å²) < 4.78 is 0. The highest BCUT2D eigenvalue weighted by Gasteiger charge is 2.19. The SMILES string of the molecule is CCN1CCN(CC(O)c2ccc(Cl)c(Cl)c2)CC1. The van der Waals surface area contributed by atoms with Crippen molar-refractivity contribution in [3.05, 3.63) is 33.8 Å². The summed E-state index contributed by atoms with van der Waals surface area (Å²) in [6, 6.07) is 5.31. The molecule has 1 N–H and O–H groups in total. The van der Waals surface area contributed by atoms with E-state index in [9.17, 15) is 5.11 Å². The minimum atomic E-state index is -0.511. The maximum Gasteiger partial charge on any atom is 0.0917 e. The van der Waals surface area contributed by atoms with Gasteiger partial charge in [0.25, 0.3) is 0 Å². The second-order valence-electron chi connectivity index (χ2n) is 4.92. The van der Waals surface area contributed by atoms with Crippen molar-refractivity contribution in [2.24, 2.45) is 0 Å². The van der Waals surface area contributed by atoms with Crippen molar-refractivity contribution < 1.29 is 5.11 Å². The number of aliphatic hydroxyl groups excluding tert-OH is 1. The summed E-state index contributed by atoms with van der Waals surface area (Å²) in [6.07, 6.45) is -0.511. The molecule has 19 heavy (non-hydrogen) atoms. The molecule has 1 aliphatic rings. The van der Waals surface area contributed by atoms with Gasteiger partial charge in [-0.2, -0.15) is 0 Å². The van der Waals surface area contributed by atoms with Gasteiger partial charge in [-0.1, -0.05) is 36.2 Å². The van der Waals surface area contributed by atoms with Crippen LogP contribution >= 0.6 is 23.2 Å². The van der Waals surface area contributed by atoms with Gasteiger partial charge < -0.3 is 10.0 Å². The van der Waals surface area contributed by atoms with Gasteiger partial charge in [0.15, 0.2) is 0 Å². The summed E-state index contributed by atoms with van der Waals surface area (Å²) in [4.78, 5) is 4.71.